The van der Waals surface area contributed by atoms with E-state index in [1.807, 2.05) is 54.6 Å². The van der Waals surface area contributed by atoms with Crippen LogP contribution in [0.2, 0.25) is 0 Å². The van der Waals surface area contributed by atoms with Gasteiger partial charge in [0, 0.05) is 28.8 Å². The SMILES string of the molecule is O=c1c(C=C2C(c3ccccc3)=Nc3ccccc32)c(O)n(C2CCCCC2)c(=O)n1C1CCCCC1. The smallest absolute Gasteiger partial charge is 0.334 e. The molecule has 2 aliphatic carbocycles. The normalized spacial score (nSPS) is 19.7. The highest BCUT2D eigenvalue weighted by Gasteiger charge is 2.30. The molecule has 0 radical (unpaired) electrons. The Morgan fingerprint density at radius 3 is 2.03 bits per heavy atom. The van der Waals surface area contributed by atoms with Crippen molar-refractivity contribution >= 4 is 23.0 Å². The molecule has 2 saturated carbocycles. The highest BCUT2D eigenvalue weighted by molar-refractivity contribution is 6.39. The molecule has 0 bridgehead atoms. The van der Waals surface area contributed by atoms with Gasteiger partial charge in [-0.3, -0.25) is 13.9 Å². The first-order valence-corrected chi connectivity index (χ1v) is 13.7. The number of nitrogens with zero attached hydrogens (tertiary/aromatic N) is 3. The van der Waals surface area contributed by atoms with Gasteiger partial charge in [0.05, 0.1) is 11.4 Å². The number of aliphatic imine (C=N–C) groups is 1. The maximum absolute atomic E-state index is 14.0. The highest BCUT2D eigenvalue weighted by Crippen LogP contribution is 2.39. The van der Waals surface area contributed by atoms with Crippen molar-refractivity contribution in [3.8, 4) is 5.88 Å². The van der Waals surface area contributed by atoms with Crippen molar-refractivity contribution in [1.29, 1.82) is 0 Å². The molecular weight excluding hydrogens is 462 g/mol. The van der Waals surface area contributed by atoms with Gasteiger partial charge in [0.2, 0.25) is 5.88 Å². The molecule has 3 aliphatic rings. The number of hydrogen-bond donors (Lipinski definition) is 1. The molecule has 1 N–H and O–H groups in total. The minimum Gasteiger partial charge on any atom is -0.494 e. The molecule has 6 heteroatoms. The van der Waals surface area contributed by atoms with Crippen LogP contribution in [-0.4, -0.2) is 20.0 Å². The summed E-state index contributed by atoms with van der Waals surface area (Å²) in [5.41, 5.74) is 3.68. The van der Waals surface area contributed by atoms with Crippen LogP contribution in [0.3, 0.4) is 0 Å². The summed E-state index contributed by atoms with van der Waals surface area (Å²) < 4.78 is 2.99. The third-order valence-corrected chi connectivity index (χ3v) is 8.23. The zero-order valence-corrected chi connectivity index (χ0v) is 21.1. The first-order chi connectivity index (χ1) is 18.1. The van der Waals surface area contributed by atoms with Crippen LogP contribution in [0.25, 0.3) is 11.6 Å². The van der Waals surface area contributed by atoms with E-state index in [-0.39, 0.29) is 29.2 Å². The molecule has 2 heterocycles. The summed E-state index contributed by atoms with van der Waals surface area (Å²) in [6.07, 6.45) is 11.4. The molecule has 1 aromatic heterocycles. The van der Waals surface area contributed by atoms with Crippen LogP contribution in [-0.2, 0) is 0 Å². The highest BCUT2D eigenvalue weighted by atomic mass is 16.3. The number of hydrogen-bond acceptors (Lipinski definition) is 4. The topological polar surface area (TPSA) is 76.6 Å². The number of fused-ring (bicyclic) bond motifs is 1. The quantitative estimate of drug-likeness (QED) is 0.455. The van der Waals surface area contributed by atoms with E-state index >= 15 is 0 Å². The number of para-hydroxylation sites is 1. The van der Waals surface area contributed by atoms with Crippen LogP contribution in [0.15, 0.2) is 69.2 Å². The Morgan fingerprint density at radius 1 is 0.757 bits per heavy atom. The van der Waals surface area contributed by atoms with Gasteiger partial charge in [0.15, 0.2) is 0 Å². The van der Waals surface area contributed by atoms with Crippen LogP contribution in [0.4, 0.5) is 5.69 Å². The van der Waals surface area contributed by atoms with Crippen molar-refractivity contribution in [2.45, 2.75) is 76.3 Å². The van der Waals surface area contributed by atoms with Gasteiger partial charge in [0.25, 0.3) is 5.56 Å². The Morgan fingerprint density at radius 2 is 1.35 bits per heavy atom. The van der Waals surface area contributed by atoms with Crippen LogP contribution in [0.1, 0.15) is 93.0 Å². The van der Waals surface area contributed by atoms with Crippen LogP contribution in [0.5, 0.6) is 5.88 Å². The molecule has 6 nitrogen and oxygen atoms in total. The van der Waals surface area contributed by atoms with Crippen LogP contribution < -0.4 is 11.2 Å². The van der Waals surface area contributed by atoms with Crippen molar-refractivity contribution in [3.63, 3.8) is 0 Å². The Balaban J connectivity index is 1.59. The van der Waals surface area contributed by atoms with Crippen LogP contribution >= 0.6 is 0 Å². The molecule has 0 amide bonds. The first kappa shape index (κ1) is 23.7. The largest absolute Gasteiger partial charge is 0.494 e. The van der Waals surface area contributed by atoms with Gasteiger partial charge in [0.1, 0.15) is 5.56 Å². The van der Waals surface area contributed by atoms with Crippen molar-refractivity contribution < 1.29 is 5.11 Å². The summed E-state index contributed by atoms with van der Waals surface area (Å²) in [5, 5.41) is 11.6. The fourth-order valence-corrected chi connectivity index (χ4v) is 6.32. The maximum atomic E-state index is 14.0. The van der Waals surface area contributed by atoms with E-state index in [0.717, 1.165) is 92.3 Å². The average molecular weight is 496 g/mol. The lowest BCUT2D eigenvalue weighted by Gasteiger charge is -2.29. The number of aromatic nitrogens is 2. The van der Waals surface area contributed by atoms with Gasteiger partial charge >= 0.3 is 5.69 Å². The fourth-order valence-electron chi connectivity index (χ4n) is 6.32. The predicted molar refractivity (Wildman–Crippen MR) is 148 cm³/mol. The lowest BCUT2D eigenvalue weighted by atomic mass is 9.93. The molecule has 0 saturated heterocycles. The second kappa shape index (κ2) is 10.0. The maximum Gasteiger partial charge on any atom is 0.334 e. The molecule has 2 aromatic carbocycles. The van der Waals surface area contributed by atoms with E-state index in [2.05, 4.69) is 0 Å². The number of allylic oxidation sites excluding steroid dienone is 1. The summed E-state index contributed by atoms with van der Waals surface area (Å²) >= 11 is 0. The minimum absolute atomic E-state index is 0.0908. The zero-order valence-electron chi connectivity index (χ0n) is 21.1. The Hall–Kier alpha value is -3.67. The lowest BCUT2D eigenvalue weighted by Crippen LogP contribution is -2.45. The van der Waals surface area contributed by atoms with Crippen LogP contribution in [0, 0.1) is 0 Å². The average Bonchev–Trinajstić information content (AvgIpc) is 3.31. The van der Waals surface area contributed by atoms with Gasteiger partial charge in [-0.25, -0.2) is 9.79 Å². The van der Waals surface area contributed by atoms with E-state index < -0.39 is 5.56 Å². The van der Waals surface area contributed by atoms with Crippen molar-refractivity contribution in [3.05, 3.63) is 92.1 Å². The molecule has 0 atom stereocenters. The van der Waals surface area contributed by atoms with Gasteiger partial charge in [-0.1, -0.05) is 87.1 Å². The van der Waals surface area contributed by atoms with Gasteiger partial charge in [-0.05, 0) is 37.8 Å². The molecule has 37 heavy (non-hydrogen) atoms. The molecule has 2 fully saturated rings. The van der Waals surface area contributed by atoms with Gasteiger partial charge in [-0.15, -0.1) is 0 Å². The summed E-state index contributed by atoms with van der Waals surface area (Å²) in [7, 11) is 0. The van der Waals surface area contributed by atoms with Crippen molar-refractivity contribution in [1.82, 2.24) is 9.13 Å². The second-order valence-electron chi connectivity index (χ2n) is 10.6. The molecule has 1 aliphatic heterocycles. The summed E-state index contributed by atoms with van der Waals surface area (Å²) in [5.74, 6) is -0.210. The first-order valence-electron chi connectivity index (χ1n) is 13.7. The second-order valence-corrected chi connectivity index (χ2v) is 10.6. The molecule has 6 rings (SSSR count). The molecular formula is C31H33N3O3. The fraction of sp³-hybridized carbons (Fsp3) is 0.387. The predicted octanol–water partition coefficient (Wildman–Crippen LogP) is 6.40. The number of aromatic hydroxyl groups is 1. The third kappa shape index (κ3) is 4.28. The van der Waals surface area contributed by atoms with E-state index in [4.69, 9.17) is 4.99 Å². The van der Waals surface area contributed by atoms with Crippen molar-refractivity contribution in [2.24, 2.45) is 4.99 Å². The molecule has 0 unspecified atom stereocenters. The third-order valence-electron chi connectivity index (χ3n) is 8.23. The number of rotatable bonds is 4. The molecule has 0 spiro atoms. The number of benzene rings is 2. The standard InChI is InChI=1S/C31H33N3O3/c35-29-26(20-25-24-18-10-11-19-27(24)32-28(25)21-12-4-1-5-13-21)30(36)34(23-16-8-3-9-17-23)31(37)33(29)22-14-6-2-7-15-22/h1,4-5,10-13,18-20,22-23,35H,2-3,6-9,14-17H2. The van der Waals surface area contributed by atoms with Gasteiger partial charge in [-0.2, -0.15) is 0 Å². The lowest BCUT2D eigenvalue weighted by molar-refractivity contribution is 0.271. The zero-order chi connectivity index (χ0) is 25.4. The van der Waals surface area contributed by atoms with E-state index in [1.165, 1.54) is 9.13 Å². The Kier molecular flexibility index (Phi) is 6.41. The minimum atomic E-state index is -0.397. The van der Waals surface area contributed by atoms with E-state index in [0.29, 0.717) is 0 Å². The summed E-state index contributed by atoms with van der Waals surface area (Å²) in [6, 6.07) is 17.5. The Bertz CT molecular complexity index is 1480. The molecule has 3 aromatic rings. The monoisotopic (exact) mass is 495 g/mol. The summed E-state index contributed by atoms with van der Waals surface area (Å²) in [4.78, 5) is 32.7. The summed E-state index contributed by atoms with van der Waals surface area (Å²) in [6.45, 7) is 0. The van der Waals surface area contributed by atoms with Crippen molar-refractivity contribution in [2.75, 3.05) is 0 Å². The van der Waals surface area contributed by atoms with E-state index in [9.17, 15) is 14.7 Å². The van der Waals surface area contributed by atoms with E-state index in [1.54, 1.807) is 6.08 Å². The van der Waals surface area contributed by atoms with Gasteiger partial charge < -0.3 is 5.11 Å². The Labute approximate surface area is 216 Å². The molecule has 190 valence electrons.